The predicted molar refractivity (Wildman–Crippen MR) is 70.1 cm³/mol. The fourth-order valence-electron chi connectivity index (χ4n) is 1.73. The Kier molecular flexibility index (Phi) is 5.36. The summed E-state index contributed by atoms with van der Waals surface area (Å²) in [6, 6.07) is 4.26. The average molecular weight is 324 g/mol. The minimum absolute atomic E-state index is 0. The summed E-state index contributed by atoms with van der Waals surface area (Å²) in [5, 5.41) is 3.17. The van der Waals surface area contributed by atoms with Crippen LogP contribution >= 0.6 is 28.3 Å². The lowest BCUT2D eigenvalue weighted by Crippen LogP contribution is -2.46. The van der Waals surface area contributed by atoms with Gasteiger partial charge in [0.25, 0.3) is 5.91 Å². The number of benzene rings is 1. The summed E-state index contributed by atoms with van der Waals surface area (Å²) in [7, 11) is 0. The highest BCUT2D eigenvalue weighted by Gasteiger charge is 2.18. The standard InChI is InChI=1S/C11H12BrFN2O.ClH/c12-9-5-8(6-10(13)7-9)11(16)15-3-1-14-2-4-15;/h5-7,14H,1-4H2;1H. The summed E-state index contributed by atoms with van der Waals surface area (Å²) < 4.78 is 13.7. The first-order valence-electron chi connectivity index (χ1n) is 5.13. The molecular formula is C11H13BrClFN2O. The number of rotatable bonds is 1. The third-order valence-electron chi connectivity index (χ3n) is 2.51. The predicted octanol–water partition coefficient (Wildman–Crippen LogP) is 2.06. The van der Waals surface area contributed by atoms with Gasteiger partial charge < -0.3 is 10.2 Å². The van der Waals surface area contributed by atoms with Gasteiger partial charge in [-0.3, -0.25) is 4.79 Å². The Balaban J connectivity index is 0.00000144. The summed E-state index contributed by atoms with van der Waals surface area (Å²) in [5.41, 5.74) is 0.397. The van der Waals surface area contributed by atoms with Crippen LogP contribution in [-0.4, -0.2) is 37.0 Å². The highest BCUT2D eigenvalue weighted by Crippen LogP contribution is 2.16. The van der Waals surface area contributed by atoms with E-state index in [0.717, 1.165) is 13.1 Å². The molecule has 3 nitrogen and oxygen atoms in total. The summed E-state index contributed by atoms with van der Waals surface area (Å²) in [4.78, 5) is 13.7. The van der Waals surface area contributed by atoms with Gasteiger partial charge in [0.15, 0.2) is 0 Å². The SMILES string of the molecule is Cl.O=C(c1cc(F)cc(Br)c1)N1CCNCC1. The lowest BCUT2D eigenvalue weighted by molar-refractivity contribution is 0.0735. The Labute approximate surface area is 114 Å². The van der Waals surface area contributed by atoms with Gasteiger partial charge >= 0.3 is 0 Å². The van der Waals surface area contributed by atoms with Crippen LogP contribution in [0.25, 0.3) is 0 Å². The zero-order valence-corrected chi connectivity index (χ0v) is 11.5. The van der Waals surface area contributed by atoms with E-state index in [1.54, 1.807) is 11.0 Å². The Bertz CT molecular complexity index is 390. The van der Waals surface area contributed by atoms with E-state index in [0.29, 0.717) is 23.1 Å². The largest absolute Gasteiger partial charge is 0.336 e. The maximum absolute atomic E-state index is 13.1. The maximum atomic E-state index is 13.1. The van der Waals surface area contributed by atoms with E-state index in [9.17, 15) is 9.18 Å². The fourth-order valence-corrected chi connectivity index (χ4v) is 2.19. The molecule has 94 valence electrons. The highest BCUT2D eigenvalue weighted by molar-refractivity contribution is 9.10. The number of carbonyl (C=O) groups excluding carboxylic acids is 1. The topological polar surface area (TPSA) is 32.3 Å². The van der Waals surface area contributed by atoms with Crippen molar-refractivity contribution in [2.45, 2.75) is 0 Å². The Hall–Kier alpha value is -0.650. The van der Waals surface area contributed by atoms with Gasteiger partial charge in [-0.1, -0.05) is 15.9 Å². The molecule has 0 unspecified atom stereocenters. The van der Waals surface area contributed by atoms with Crippen molar-refractivity contribution < 1.29 is 9.18 Å². The maximum Gasteiger partial charge on any atom is 0.254 e. The first-order valence-corrected chi connectivity index (χ1v) is 5.92. The van der Waals surface area contributed by atoms with Crippen LogP contribution in [0.15, 0.2) is 22.7 Å². The van der Waals surface area contributed by atoms with E-state index in [-0.39, 0.29) is 18.3 Å². The van der Waals surface area contributed by atoms with Crippen molar-refractivity contribution in [2.75, 3.05) is 26.2 Å². The second-order valence-corrected chi connectivity index (χ2v) is 4.62. The summed E-state index contributed by atoms with van der Waals surface area (Å²) in [6.45, 7) is 2.93. The van der Waals surface area contributed by atoms with E-state index in [1.807, 2.05) is 0 Å². The van der Waals surface area contributed by atoms with Crippen molar-refractivity contribution in [1.29, 1.82) is 0 Å². The molecule has 1 aromatic carbocycles. The smallest absolute Gasteiger partial charge is 0.254 e. The van der Waals surface area contributed by atoms with Gasteiger partial charge in [0, 0.05) is 36.2 Å². The first-order chi connectivity index (χ1) is 7.66. The first kappa shape index (κ1) is 14.4. The molecular weight excluding hydrogens is 310 g/mol. The zero-order valence-electron chi connectivity index (χ0n) is 9.08. The fraction of sp³-hybridized carbons (Fsp3) is 0.364. The molecule has 2 rings (SSSR count). The van der Waals surface area contributed by atoms with Gasteiger partial charge in [-0.15, -0.1) is 12.4 Å². The number of nitrogens with zero attached hydrogens (tertiary/aromatic N) is 1. The Morgan fingerprint density at radius 3 is 2.53 bits per heavy atom. The van der Waals surface area contributed by atoms with Gasteiger partial charge in [0.05, 0.1) is 0 Å². The molecule has 0 radical (unpaired) electrons. The summed E-state index contributed by atoms with van der Waals surface area (Å²) in [6.07, 6.45) is 0. The van der Waals surface area contributed by atoms with Crippen LogP contribution in [-0.2, 0) is 0 Å². The minimum atomic E-state index is -0.396. The van der Waals surface area contributed by atoms with Crippen LogP contribution in [0.1, 0.15) is 10.4 Å². The summed E-state index contributed by atoms with van der Waals surface area (Å²) in [5.74, 6) is -0.505. The van der Waals surface area contributed by atoms with Gasteiger partial charge in [-0.05, 0) is 18.2 Å². The van der Waals surface area contributed by atoms with Crippen LogP contribution in [0.4, 0.5) is 4.39 Å². The van der Waals surface area contributed by atoms with E-state index in [2.05, 4.69) is 21.2 Å². The molecule has 1 aliphatic rings. The van der Waals surface area contributed by atoms with Crippen molar-refractivity contribution in [1.82, 2.24) is 10.2 Å². The molecule has 1 heterocycles. The second kappa shape index (κ2) is 6.33. The molecule has 0 aromatic heterocycles. The molecule has 0 bridgehead atoms. The minimum Gasteiger partial charge on any atom is -0.336 e. The lowest BCUT2D eigenvalue weighted by Gasteiger charge is -2.27. The van der Waals surface area contributed by atoms with Crippen molar-refractivity contribution in [3.8, 4) is 0 Å². The van der Waals surface area contributed by atoms with Crippen molar-refractivity contribution in [3.63, 3.8) is 0 Å². The molecule has 1 N–H and O–H groups in total. The average Bonchev–Trinajstić information content (AvgIpc) is 2.28. The Morgan fingerprint density at radius 2 is 1.94 bits per heavy atom. The van der Waals surface area contributed by atoms with Crippen LogP contribution in [0, 0.1) is 5.82 Å². The molecule has 1 amide bonds. The highest BCUT2D eigenvalue weighted by atomic mass is 79.9. The second-order valence-electron chi connectivity index (χ2n) is 3.70. The monoisotopic (exact) mass is 322 g/mol. The summed E-state index contributed by atoms with van der Waals surface area (Å²) >= 11 is 3.18. The molecule has 1 fully saturated rings. The van der Waals surface area contributed by atoms with Crippen molar-refractivity contribution in [2.24, 2.45) is 0 Å². The van der Waals surface area contributed by atoms with Crippen LogP contribution in [0.5, 0.6) is 0 Å². The molecule has 6 heteroatoms. The number of amides is 1. The number of hydrogen-bond acceptors (Lipinski definition) is 2. The van der Waals surface area contributed by atoms with Crippen molar-refractivity contribution in [3.05, 3.63) is 34.1 Å². The molecule has 0 spiro atoms. The van der Waals surface area contributed by atoms with Crippen LogP contribution in [0.2, 0.25) is 0 Å². The number of hydrogen-bond donors (Lipinski definition) is 1. The third kappa shape index (κ3) is 3.66. The van der Waals surface area contributed by atoms with E-state index in [4.69, 9.17) is 0 Å². The van der Waals surface area contributed by atoms with Gasteiger partial charge in [-0.2, -0.15) is 0 Å². The van der Waals surface area contributed by atoms with Crippen LogP contribution in [0.3, 0.4) is 0 Å². The van der Waals surface area contributed by atoms with Gasteiger partial charge in [0.1, 0.15) is 5.82 Å². The van der Waals surface area contributed by atoms with E-state index in [1.165, 1.54) is 12.1 Å². The normalized spacial score (nSPS) is 15.3. The molecule has 17 heavy (non-hydrogen) atoms. The molecule has 1 aliphatic heterocycles. The molecule has 0 saturated carbocycles. The number of nitrogens with one attached hydrogen (secondary N) is 1. The number of piperazine rings is 1. The third-order valence-corrected chi connectivity index (χ3v) is 2.97. The van der Waals surface area contributed by atoms with E-state index >= 15 is 0 Å². The molecule has 0 atom stereocenters. The van der Waals surface area contributed by atoms with E-state index < -0.39 is 5.82 Å². The van der Waals surface area contributed by atoms with Gasteiger partial charge in [0.2, 0.25) is 0 Å². The number of carbonyl (C=O) groups is 1. The molecule has 0 aliphatic carbocycles. The quantitative estimate of drug-likeness (QED) is 0.858. The van der Waals surface area contributed by atoms with Gasteiger partial charge in [-0.25, -0.2) is 4.39 Å². The lowest BCUT2D eigenvalue weighted by atomic mass is 10.2. The number of halogens is 3. The van der Waals surface area contributed by atoms with Crippen LogP contribution < -0.4 is 5.32 Å². The zero-order chi connectivity index (χ0) is 11.5. The Morgan fingerprint density at radius 1 is 1.29 bits per heavy atom. The molecule has 1 saturated heterocycles. The molecule has 1 aromatic rings. The van der Waals surface area contributed by atoms with Crippen molar-refractivity contribution >= 4 is 34.2 Å².